The molecule has 1 aliphatic rings. The van der Waals surface area contributed by atoms with E-state index in [2.05, 4.69) is 15.3 Å². The normalized spacial score (nSPS) is 15.4. The number of ether oxygens (including phenoxy) is 1. The molecule has 3 amide bonds. The van der Waals surface area contributed by atoms with Crippen molar-refractivity contribution in [1.82, 2.24) is 14.9 Å². The Morgan fingerprint density at radius 3 is 2.63 bits per heavy atom. The van der Waals surface area contributed by atoms with E-state index in [4.69, 9.17) is 10.5 Å². The number of halogens is 3. The highest BCUT2D eigenvalue weighted by molar-refractivity contribution is 6.06. The van der Waals surface area contributed by atoms with Crippen LogP contribution in [0.2, 0.25) is 0 Å². The number of amides is 3. The Kier molecular flexibility index (Phi) is 8.24. The summed E-state index contributed by atoms with van der Waals surface area (Å²) in [6.07, 6.45) is -3.49. The van der Waals surface area contributed by atoms with Crippen LogP contribution in [0, 0.1) is 6.92 Å². The lowest BCUT2D eigenvalue weighted by Gasteiger charge is -2.41. The van der Waals surface area contributed by atoms with Crippen LogP contribution in [-0.4, -0.2) is 71.0 Å². The zero-order valence-electron chi connectivity index (χ0n) is 23.1. The maximum Gasteiger partial charge on any atom is 0.422 e. The van der Waals surface area contributed by atoms with E-state index in [-0.39, 0.29) is 36.5 Å². The summed E-state index contributed by atoms with van der Waals surface area (Å²) >= 11 is 0. The minimum absolute atomic E-state index is 0.162. The number of nitrogens with one attached hydrogen (secondary N) is 2. The van der Waals surface area contributed by atoms with Crippen molar-refractivity contribution >= 4 is 40.1 Å². The summed E-state index contributed by atoms with van der Waals surface area (Å²) in [7, 11) is 0. The Labute approximate surface area is 244 Å². The highest BCUT2D eigenvalue weighted by Gasteiger charge is 2.35. The van der Waals surface area contributed by atoms with Gasteiger partial charge < -0.3 is 30.6 Å². The van der Waals surface area contributed by atoms with E-state index in [0.717, 1.165) is 16.8 Å². The first-order valence-electron chi connectivity index (χ1n) is 13.4. The summed E-state index contributed by atoms with van der Waals surface area (Å²) < 4.78 is 44.3. The molecule has 2 heterocycles. The summed E-state index contributed by atoms with van der Waals surface area (Å²) in [5, 5.41) is 2.64. The molecule has 0 radical (unpaired) electrons. The van der Waals surface area contributed by atoms with Gasteiger partial charge in [-0.1, -0.05) is 24.3 Å². The molecule has 0 aliphatic carbocycles. The predicted octanol–water partition coefficient (Wildman–Crippen LogP) is 3.81. The number of imidazole rings is 1. The van der Waals surface area contributed by atoms with Crippen molar-refractivity contribution in [2.24, 2.45) is 5.73 Å². The lowest BCUT2D eigenvalue weighted by molar-refractivity contribution is -0.153. The molecule has 1 atom stereocenters. The number of primary amides is 1. The number of hydrogen-bond donors (Lipinski definition) is 3. The lowest BCUT2D eigenvalue weighted by atomic mass is 10.0. The number of aryl methyl sites for hydroxylation is 1. The Hall–Kier alpha value is -5.07. The van der Waals surface area contributed by atoms with Crippen LogP contribution in [0.5, 0.6) is 5.75 Å². The summed E-state index contributed by atoms with van der Waals surface area (Å²) in [5.41, 5.74) is 9.54. The van der Waals surface area contributed by atoms with Crippen molar-refractivity contribution in [2.45, 2.75) is 25.6 Å². The molecule has 3 aromatic carbocycles. The van der Waals surface area contributed by atoms with E-state index in [1.165, 1.54) is 29.4 Å². The molecule has 1 fully saturated rings. The minimum atomic E-state index is -4.64. The van der Waals surface area contributed by atoms with Gasteiger partial charge in [0.25, 0.3) is 5.91 Å². The first-order valence-corrected chi connectivity index (χ1v) is 13.4. The number of nitrogens with two attached hydrogens (primary N) is 1. The number of carbonyl (C=O) groups excluding carboxylic acids is 3. The lowest BCUT2D eigenvalue weighted by Crippen LogP contribution is -2.60. The van der Waals surface area contributed by atoms with Crippen LogP contribution in [0.15, 0.2) is 67.0 Å². The third-order valence-corrected chi connectivity index (χ3v) is 7.23. The molecule has 1 saturated heterocycles. The van der Waals surface area contributed by atoms with Crippen molar-refractivity contribution in [3.63, 3.8) is 0 Å². The number of alkyl halides is 3. The van der Waals surface area contributed by atoms with Gasteiger partial charge in [-0.2, -0.15) is 13.2 Å². The monoisotopic (exact) mass is 594 g/mol. The Morgan fingerprint density at radius 2 is 1.88 bits per heavy atom. The molecule has 1 unspecified atom stereocenters. The fraction of sp³-hybridized carbons (Fsp3) is 0.267. The van der Waals surface area contributed by atoms with Crippen molar-refractivity contribution in [2.75, 3.05) is 36.5 Å². The largest absolute Gasteiger partial charge is 0.484 e. The number of aromatic amines is 1. The molecule has 224 valence electrons. The summed E-state index contributed by atoms with van der Waals surface area (Å²) in [5.74, 6) is -1.91. The van der Waals surface area contributed by atoms with E-state index < -0.39 is 36.5 Å². The van der Waals surface area contributed by atoms with E-state index in [1.54, 1.807) is 18.2 Å². The number of anilines is 2. The molecule has 0 bridgehead atoms. The van der Waals surface area contributed by atoms with E-state index >= 15 is 0 Å². The van der Waals surface area contributed by atoms with Crippen LogP contribution in [0.4, 0.5) is 24.5 Å². The maximum absolute atomic E-state index is 13.4. The molecule has 4 N–H and O–H groups in total. The van der Waals surface area contributed by atoms with Gasteiger partial charge in [-0.3, -0.25) is 14.4 Å². The number of benzene rings is 3. The minimum Gasteiger partial charge on any atom is -0.484 e. The van der Waals surface area contributed by atoms with Crippen LogP contribution >= 0.6 is 0 Å². The second-order valence-electron chi connectivity index (χ2n) is 10.2. The van der Waals surface area contributed by atoms with Gasteiger partial charge in [-0.25, -0.2) is 4.98 Å². The summed E-state index contributed by atoms with van der Waals surface area (Å²) in [4.78, 5) is 49.0. The van der Waals surface area contributed by atoms with Crippen molar-refractivity contribution < 1.29 is 32.3 Å². The maximum atomic E-state index is 13.4. The Bertz CT molecular complexity index is 1670. The number of rotatable bonds is 8. The fourth-order valence-electron chi connectivity index (χ4n) is 5.08. The number of piperazine rings is 1. The first kappa shape index (κ1) is 29.4. The van der Waals surface area contributed by atoms with Crippen molar-refractivity contribution in [3.8, 4) is 5.75 Å². The third-order valence-electron chi connectivity index (χ3n) is 7.23. The summed E-state index contributed by atoms with van der Waals surface area (Å²) in [6, 6.07) is 15.7. The average Bonchev–Trinajstić information content (AvgIpc) is 3.45. The number of fused-ring (bicyclic) bond motifs is 1. The van der Waals surface area contributed by atoms with Gasteiger partial charge in [0.15, 0.2) is 6.61 Å². The smallest absolute Gasteiger partial charge is 0.422 e. The van der Waals surface area contributed by atoms with Crippen molar-refractivity contribution in [3.05, 3.63) is 83.7 Å². The Morgan fingerprint density at radius 1 is 1.09 bits per heavy atom. The van der Waals surface area contributed by atoms with Gasteiger partial charge in [0.05, 0.1) is 23.8 Å². The number of aromatic nitrogens is 2. The van der Waals surface area contributed by atoms with Crippen LogP contribution in [0.1, 0.15) is 21.5 Å². The Balaban J connectivity index is 1.34. The molecule has 1 aliphatic heterocycles. The fourth-order valence-corrected chi connectivity index (χ4v) is 5.08. The van der Waals surface area contributed by atoms with Gasteiger partial charge in [0.2, 0.25) is 11.8 Å². The number of para-hydroxylation sites is 1. The number of H-pyrrole nitrogens is 1. The topological polar surface area (TPSA) is 134 Å². The molecule has 0 spiro atoms. The van der Waals surface area contributed by atoms with Gasteiger partial charge in [0.1, 0.15) is 11.8 Å². The predicted molar refractivity (Wildman–Crippen MR) is 154 cm³/mol. The van der Waals surface area contributed by atoms with Crippen LogP contribution < -0.4 is 20.7 Å². The molecule has 4 aromatic rings. The van der Waals surface area contributed by atoms with Gasteiger partial charge in [-0.15, -0.1) is 0 Å². The average molecular weight is 595 g/mol. The van der Waals surface area contributed by atoms with E-state index in [1.807, 2.05) is 36.1 Å². The van der Waals surface area contributed by atoms with E-state index in [0.29, 0.717) is 17.6 Å². The molecule has 1 aromatic heterocycles. The van der Waals surface area contributed by atoms with Crippen molar-refractivity contribution in [1.29, 1.82) is 0 Å². The van der Waals surface area contributed by atoms with E-state index in [9.17, 15) is 27.6 Å². The van der Waals surface area contributed by atoms with Crippen LogP contribution in [0.25, 0.3) is 11.0 Å². The molecule has 13 heteroatoms. The molecular formula is C30H29F3N6O4. The molecule has 0 saturated carbocycles. The van der Waals surface area contributed by atoms with Gasteiger partial charge in [-0.05, 0) is 42.8 Å². The second-order valence-corrected chi connectivity index (χ2v) is 10.2. The molecule has 5 rings (SSSR count). The zero-order chi connectivity index (χ0) is 30.7. The first-order chi connectivity index (χ1) is 20.5. The molecule has 10 nitrogen and oxygen atoms in total. The van der Waals surface area contributed by atoms with Gasteiger partial charge >= 0.3 is 6.18 Å². The SMILES string of the molecule is Cc1ccccc1N1CCN(C(=O)Cc2ccc(NC(=O)c3ccc4[nH]cnc4c3)cc2OCC(F)(F)F)C(C(N)=O)C1. The highest BCUT2D eigenvalue weighted by Crippen LogP contribution is 2.29. The van der Waals surface area contributed by atoms with Crippen LogP contribution in [0.3, 0.4) is 0 Å². The number of nitrogens with zero attached hydrogens (tertiary/aromatic N) is 3. The number of carbonyl (C=O) groups is 3. The summed E-state index contributed by atoms with van der Waals surface area (Å²) in [6.45, 7) is 1.15. The number of hydrogen-bond acceptors (Lipinski definition) is 6. The standard InChI is InChI=1S/C30H29F3N6O4/c1-18-4-2-3-5-24(18)38-10-11-39(25(15-38)28(34)41)27(40)13-19-6-8-21(14-26(19)43-16-30(31,32)33)37-29(42)20-7-9-22-23(12-20)36-17-35-22/h2-9,12,14,17,25H,10-11,13,15-16H2,1H3,(H2,34,41)(H,35,36)(H,37,42). The third kappa shape index (κ3) is 6.88. The second kappa shape index (κ2) is 12.0. The quantitative estimate of drug-likeness (QED) is 0.284. The van der Waals surface area contributed by atoms with Crippen LogP contribution in [-0.2, 0) is 16.0 Å². The van der Waals surface area contributed by atoms with Gasteiger partial charge in [0, 0.05) is 48.2 Å². The molecular weight excluding hydrogens is 565 g/mol. The zero-order valence-corrected chi connectivity index (χ0v) is 23.1. The molecule has 43 heavy (non-hydrogen) atoms. The highest BCUT2D eigenvalue weighted by atomic mass is 19.4.